The summed E-state index contributed by atoms with van der Waals surface area (Å²) in [6, 6.07) is 5.75. The van der Waals surface area contributed by atoms with E-state index >= 15 is 0 Å². The first-order valence-corrected chi connectivity index (χ1v) is 6.31. The fourth-order valence-corrected chi connectivity index (χ4v) is 2.36. The lowest BCUT2D eigenvalue weighted by molar-refractivity contribution is 0.206. The van der Waals surface area contributed by atoms with E-state index in [4.69, 9.17) is 16.3 Å². The van der Waals surface area contributed by atoms with Crippen molar-refractivity contribution in [2.24, 2.45) is 0 Å². The van der Waals surface area contributed by atoms with Crippen LogP contribution in [0.4, 0.5) is 4.79 Å². The van der Waals surface area contributed by atoms with Crippen molar-refractivity contribution in [1.82, 2.24) is 10.2 Å². The van der Waals surface area contributed by atoms with Crippen LogP contribution in [0.5, 0.6) is 5.75 Å². The highest BCUT2D eigenvalue weighted by Crippen LogP contribution is 2.29. The predicted octanol–water partition coefficient (Wildman–Crippen LogP) is 2.82. The number of rotatable bonds is 3. The second-order valence-electron chi connectivity index (χ2n) is 4.64. The highest BCUT2D eigenvalue weighted by Gasteiger charge is 2.31. The molecule has 5 heteroatoms. The number of methoxy groups -OCH3 is 1. The molecule has 1 heterocycles. The number of benzene rings is 1. The molecule has 0 spiro atoms. The van der Waals surface area contributed by atoms with Crippen molar-refractivity contribution in [3.05, 3.63) is 28.8 Å². The summed E-state index contributed by atoms with van der Waals surface area (Å²) in [7, 11) is 1.58. The maximum atomic E-state index is 11.8. The van der Waals surface area contributed by atoms with Gasteiger partial charge in [-0.05, 0) is 31.5 Å². The second-order valence-corrected chi connectivity index (χ2v) is 5.05. The van der Waals surface area contributed by atoms with Crippen molar-refractivity contribution < 1.29 is 9.53 Å². The second kappa shape index (κ2) is 5.06. The molecule has 1 fully saturated rings. The van der Waals surface area contributed by atoms with Crippen molar-refractivity contribution in [3.63, 3.8) is 0 Å². The van der Waals surface area contributed by atoms with Crippen molar-refractivity contribution in [2.75, 3.05) is 13.7 Å². The molecule has 1 aliphatic heterocycles. The number of hydrogen-bond acceptors (Lipinski definition) is 2. The SMILES string of the molecule is COc1ccc(C2CN(C(C)C)C(=O)N2)cc1Cl. The third kappa shape index (κ3) is 2.38. The third-order valence-electron chi connectivity index (χ3n) is 3.14. The fraction of sp³-hybridized carbons (Fsp3) is 0.462. The van der Waals surface area contributed by atoms with Crippen molar-refractivity contribution in [2.45, 2.75) is 25.9 Å². The molecule has 1 unspecified atom stereocenters. The van der Waals surface area contributed by atoms with Crippen LogP contribution in [0.2, 0.25) is 5.02 Å². The summed E-state index contributed by atoms with van der Waals surface area (Å²) in [5.41, 5.74) is 0.998. The van der Waals surface area contributed by atoms with Crippen LogP contribution in [-0.4, -0.2) is 30.6 Å². The summed E-state index contributed by atoms with van der Waals surface area (Å²) in [6.45, 7) is 4.67. The smallest absolute Gasteiger partial charge is 0.318 e. The standard InChI is InChI=1S/C13H17ClN2O2/c1-8(2)16-7-11(15-13(16)17)9-4-5-12(18-3)10(14)6-9/h4-6,8,11H,7H2,1-3H3,(H,15,17). The highest BCUT2D eigenvalue weighted by atomic mass is 35.5. The van der Waals surface area contributed by atoms with Crippen LogP contribution in [0.15, 0.2) is 18.2 Å². The minimum absolute atomic E-state index is 0.0108. The predicted molar refractivity (Wildman–Crippen MR) is 71.1 cm³/mol. The molecule has 1 aromatic carbocycles. The Morgan fingerprint density at radius 2 is 2.22 bits per heavy atom. The zero-order chi connectivity index (χ0) is 13.3. The number of carbonyl (C=O) groups is 1. The van der Waals surface area contributed by atoms with E-state index < -0.39 is 0 Å². The minimum atomic E-state index is -0.0260. The molecule has 1 N–H and O–H groups in total. The van der Waals surface area contributed by atoms with Gasteiger partial charge in [0.25, 0.3) is 0 Å². The number of hydrogen-bond donors (Lipinski definition) is 1. The summed E-state index contributed by atoms with van der Waals surface area (Å²) >= 11 is 6.09. The van der Waals surface area contributed by atoms with Crippen molar-refractivity contribution in [3.8, 4) is 5.75 Å². The van der Waals surface area contributed by atoms with E-state index in [0.29, 0.717) is 17.3 Å². The summed E-state index contributed by atoms with van der Waals surface area (Å²) in [5.74, 6) is 0.644. The summed E-state index contributed by atoms with van der Waals surface area (Å²) in [5, 5.41) is 3.52. The zero-order valence-electron chi connectivity index (χ0n) is 10.7. The van der Waals surface area contributed by atoms with Gasteiger partial charge in [0.05, 0.1) is 18.2 Å². The van der Waals surface area contributed by atoms with Crippen LogP contribution < -0.4 is 10.1 Å². The molecule has 1 atom stereocenters. The Balaban J connectivity index is 2.19. The van der Waals surface area contributed by atoms with Crippen LogP contribution >= 0.6 is 11.6 Å². The van der Waals surface area contributed by atoms with E-state index in [1.165, 1.54) is 0 Å². The normalized spacial score (nSPS) is 19.3. The van der Waals surface area contributed by atoms with Gasteiger partial charge in [-0.15, -0.1) is 0 Å². The molecule has 1 saturated heterocycles. The summed E-state index contributed by atoms with van der Waals surface area (Å²) in [6.07, 6.45) is 0. The highest BCUT2D eigenvalue weighted by molar-refractivity contribution is 6.32. The molecule has 98 valence electrons. The Hall–Kier alpha value is -1.42. The Labute approximate surface area is 112 Å². The Morgan fingerprint density at radius 1 is 1.50 bits per heavy atom. The molecule has 0 aromatic heterocycles. The van der Waals surface area contributed by atoms with E-state index in [-0.39, 0.29) is 18.1 Å². The topological polar surface area (TPSA) is 41.6 Å². The molecule has 0 saturated carbocycles. The third-order valence-corrected chi connectivity index (χ3v) is 3.43. The number of urea groups is 1. The maximum absolute atomic E-state index is 11.8. The van der Waals surface area contributed by atoms with Crippen molar-refractivity contribution >= 4 is 17.6 Å². The number of nitrogens with one attached hydrogen (secondary N) is 1. The largest absolute Gasteiger partial charge is 0.495 e. The lowest BCUT2D eigenvalue weighted by Crippen LogP contribution is -2.33. The van der Waals surface area contributed by atoms with Gasteiger partial charge >= 0.3 is 6.03 Å². The zero-order valence-corrected chi connectivity index (χ0v) is 11.5. The van der Waals surface area contributed by atoms with Gasteiger partial charge in [0.1, 0.15) is 5.75 Å². The van der Waals surface area contributed by atoms with Gasteiger partial charge in [-0.25, -0.2) is 4.79 Å². The van der Waals surface area contributed by atoms with E-state index in [9.17, 15) is 4.79 Å². The number of ether oxygens (including phenoxy) is 1. The van der Waals surface area contributed by atoms with Crippen LogP contribution in [0.3, 0.4) is 0 Å². The molecule has 2 rings (SSSR count). The lowest BCUT2D eigenvalue weighted by atomic mass is 10.1. The molecule has 2 amide bonds. The average molecular weight is 269 g/mol. The van der Waals surface area contributed by atoms with Crippen molar-refractivity contribution in [1.29, 1.82) is 0 Å². The Morgan fingerprint density at radius 3 is 2.72 bits per heavy atom. The number of amides is 2. The molecular formula is C13H17ClN2O2. The fourth-order valence-electron chi connectivity index (χ4n) is 2.09. The van der Waals surface area contributed by atoms with Crippen LogP contribution in [-0.2, 0) is 0 Å². The quantitative estimate of drug-likeness (QED) is 0.916. The Bertz CT molecular complexity index is 462. The van der Waals surface area contributed by atoms with Gasteiger partial charge in [0.15, 0.2) is 0 Å². The van der Waals surface area contributed by atoms with E-state index in [0.717, 1.165) is 5.56 Å². The lowest BCUT2D eigenvalue weighted by Gasteiger charge is -2.19. The average Bonchev–Trinajstić information content (AvgIpc) is 2.71. The van der Waals surface area contributed by atoms with Crippen LogP contribution in [0.25, 0.3) is 0 Å². The first kappa shape index (κ1) is 13.0. The molecular weight excluding hydrogens is 252 g/mol. The molecule has 1 aliphatic rings. The van der Waals surface area contributed by atoms with Gasteiger partial charge in [0.2, 0.25) is 0 Å². The van der Waals surface area contributed by atoms with Gasteiger partial charge in [-0.2, -0.15) is 0 Å². The summed E-state index contributed by atoms with van der Waals surface area (Å²) < 4.78 is 5.11. The van der Waals surface area contributed by atoms with Gasteiger partial charge in [0, 0.05) is 12.6 Å². The molecule has 18 heavy (non-hydrogen) atoms. The van der Waals surface area contributed by atoms with E-state index in [2.05, 4.69) is 5.32 Å². The monoisotopic (exact) mass is 268 g/mol. The minimum Gasteiger partial charge on any atom is -0.495 e. The van der Waals surface area contributed by atoms with Crippen LogP contribution in [0, 0.1) is 0 Å². The molecule has 0 bridgehead atoms. The molecule has 0 aliphatic carbocycles. The first-order chi connectivity index (χ1) is 8.52. The molecule has 1 aromatic rings. The van der Waals surface area contributed by atoms with Gasteiger partial charge in [-0.3, -0.25) is 0 Å². The first-order valence-electron chi connectivity index (χ1n) is 5.93. The molecule has 0 radical (unpaired) electrons. The van der Waals surface area contributed by atoms with Gasteiger partial charge < -0.3 is 15.0 Å². The molecule has 4 nitrogen and oxygen atoms in total. The Kier molecular flexibility index (Phi) is 3.66. The summed E-state index contributed by atoms with van der Waals surface area (Å²) in [4.78, 5) is 13.6. The number of halogens is 1. The van der Waals surface area contributed by atoms with Crippen LogP contribution in [0.1, 0.15) is 25.5 Å². The van der Waals surface area contributed by atoms with Gasteiger partial charge in [-0.1, -0.05) is 17.7 Å². The maximum Gasteiger partial charge on any atom is 0.318 e. The number of carbonyl (C=O) groups excluding carboxylic acids is 1. The number of nitrogens with zero attached hydrogens (tertiary/aromatic N) is 1. The van der Waals surface area contributed by atoms with E-state index in [1.54, 1.807) is 7.11 Å². The van der Waals surface area contributed by atoms with E-state index in [1.807, 2.05) is 36.9 Å².